The minimum absolute atomic E-state index is 0.176. The minimum Gasteiger partial charge on any atom is -0.378 e. The van der Waals surface area contributed by atoms with Gasteiger partial charge in [0.2, 0.25) is 0 Å². The van der Waals surface area contributed by atoms with Crippen molar-refractivity contribution in [1.29, 1.82) is 0 Å². The number of hydrogen-bond donors (Lipinski definition) is 0. The van der Waals surface area contributed by atoms with E-state index in [0.29, 0.717) is 42.4 Å². The number of hydrogen-bond acceptors (Lipinski definition) is 3. The third-order valence-electron chi connectivity index (χ3n) is 8.98. The molecule has 42 heavy (non-hydrogen) atoms. The molecule has 224 valence electrons. The van der Waals surface area contributed by atoms with Crippen LogP contribution in [-0.2, 0) is 22.9 Å². The lowest BCUT2D eigenvalue weighted by Crippen LogP contribution is -2.59. The van der Waals surface area contributed by atoms with Gasteiger partial charge in [-0.3, -0.25) is 13.9 Å². The van der Waals surface area contributed by atoms with Crippen LogP contribution in [-0.4, -0.2) is 63.8 Å². The summed E-state index contributed by atoms with van der Waals surface area (Å²) in [6.07, 6.45) is 3.22. The molecule has 0 bridgehead atoms. The van der Waals surface area contributed by atoms with Crippen molar-refractivity contribution in [3.8, 4) is 5.69 Å². The van der Waals surface area contributed by atoms with Crippen LogP contribution < -0.4 is 5.69 Å². The number of likely N-dealkylation sites (tertiary alicyclic amines) is 1. The van der Waals surface area contributed by atoms with Gasteiger partial charge in [-0.1, -0.05) is 30.6 Å². The third kappa shape index (κ3) is 5.26. The van der Waals surface area contributed by atoms with Crippen LogP contribution in [0.15, 0.2) is 65.3 Å². The largest absolute Gasteiger partial charge is 0.418 e. The number of piperidine rings is 1. The first-order valence-electron chi connectivity index (χ1n) is 14.3. The fourth-order valence-corrected chi connectivity index (χ4v) is 6.93. The number of nitrogens with zero attached hydrogens (tertiary/aromatic N) is 5. The lowest BCUT2D eigenvalue weighted by molar-refractivity contribution is -0.427. The van der Waals surface area contributed by atoms with E-state index >= 15 is 0 Å². The van der Waals surface area contributed by atoms with Gasteiger partial charge in [0, 0.05) is 32.6 Å². The molecule has 2 fully saturated rings. The van der Waals surface area contributed by atoms with E-state index in [2.05, 4.69) is 30.1 Å². The topological polar surface area (TPSA) is 54.2 Å². The maximum Gasteiger partial charge on any atom is 0.418 e. The van der Waals surface area contributed by atoms with Gasteiger partial charge in [-0.2, -0.15) is 13.2 Å². The zero-order chi connectivity index (χ0) is 30.4. The Balaban J connectivity index is 1.62. The van der Waals surface area contributed by atoms with Crippen LogP contribution in [0.1, 0.15) is 56.2 Å². The highest BCUT2D eigenvalue weighted by molar-refractivity contribution is 5.94. The molecule has 10 heteroatoms. The van der Waals surface area contributed by atoms with Crippen LogP contribution in [0.4, 0.5) is 13.2 Å². The summed E-state index contributed by atoms with van der Waals surface area (Å²) in [7, 11) is 3.51. The van der Waals surface area contributed by atoms with Crippen LogP contribution in [0.2, 0.25) is 0 Å². The molecule has 7 nitrogen and oxygen atoms in total. The summed E-state index contributed by atoms with van der Waals surface area (Å²) < 4.78 is 53.0. The molecule has 1 atom stereocenters. The molecule has 3 heterocycles. The van der Waals surface area contributed by atoms with E-state index in [0.717, 1.165) is 35.9 Å². The number of pyridine rings is 1. The third-order valence-corrected chi connectivity index (χ3v) is 8.98. The average molecular weight is 583 g/mol. The molecular weight excluding hydrogens is 543 g/mol. The number of rotatable bonds is 7. The highest BCUT2D eigenvalue weighted by Crippen LogP contribution is 2.53. The lowest BCUT2D eigenvalue weighted by atomic mass is 9.55. The fraction of sp³-hybridized carbons (Fsp3) is 0.469. The molecule has 2 aliphatic rings. The average Bonchev–Trinajstić information content (AvgIpc) is 3.27. The van der Waals surface area contributed by atoms with Crippen LogP contribution >= 0.6 is 0 Å². The Kier molecular flexibility index (Phi) is 7.83. The van der Waals surface area contributed by atoms with Gasteiger partial charge in [-0.25, -0.2) is 9.37 Å². The summed E-state index contributed by atoms with van der Waals surface area (Å²) in [6.45, 7) is 13.9. The molecule has 1 aliphatic carbocycles. The number of methoxy groups -OCH3 is 1. The molecule has 1 saturated heterocycles. The van der Waals surface area contributed by atoms with Crippen molar-refractivity contribution in [2.45, 2.75) is 63.3 Å². The van der Waals surface area contributed by atoms with E-state index in [9.17, 15) is 18.0 Å². The Bertz CT molecular complexity index is 1610. The highest BCUT2D eigenvalue weighted by atomic mass is 19.4. The SMILES string of the molecule is C=C[N+](C)=C(N=C)C1(c2cccc(-n3cc4c(C(F)(F)F)cc(CN5CCC[C@H](C)C5)cn4c3=O)c2)CC(C)(OC)C1. The van der Waals surface area contributed by atoms with E-state index in [1.54, 1.807) is 25.6 Å². The highest BCUT2D eigenvalue weighted by Gasteiger charge is 2.60. The quantitative estimate of drug-likeness (QED) is 0.205. The predicted molar refractivity (Wildman–Crippen MR) is 159 cm³/mol. The maximum absolute atomic E-state index is 14.3. The van der Waals surface area contributed by atoms with Crippen LogP contribution in [0, 0.1) is 5.92 Å². The van der Waals surface area contributed by atoms with E-state index < -0.39 is 22.8 Å². The second kappa shape index (κ2) is 11.0. The van der Waals surface area contributed by atoms with Gasteiger partial charge in [0.1, 0.15) is 12.1 Å². The fourth-order valence-electron chi connectivity index (χ4n) is 6.93. The summed E-state index contributed by atoms with van der Waals surface area (Å²) >= 11 is 0. The summed E-state index contributed by atoms with van der Waals surface area (Å²) in [5, 5.41) is 0. The monoisotopic (exact) mass is 582 g/mol. The van der Waals surface area contributed by atoms with Crippen molar-refractivity contribution in [2.75, 3.05) is 27.2 Å². The molecular formula is C32H39F3N5O2+. The molecule has 5 rings (SSSR count). The second-order valence-corrected chi connectivity index (χ2v) is 12.2. The Morgan fingerprint density at radius 1 is 1.26 bits per heavy atom. The van der Waals surface area contributed by atoms with Gasteiger partial charge >= 0.3 is 17.7 Å². The van der Waals surface area contributed by atoms with Crippen molar-refractivity contribution < 1.29 is 22.5 Å². The molecule has 3 aromatic rings. The van der Waals surface area contributed by atoms with Gasteiger partial charge < -0.3 is 4.74 Å². The van der Waals surface area contributed by atoms with Crippen molar-refractivity contribution in [1.82, 2.24) is 13.9 Å². The first-order chi connectivity index (χ1) is 19.8. The smallest absolute Gasteiger partial charge is 0.378 e. The maximum atomic E-state index is 14.3. The van der Waals surface area contributed by atoms with Crippen molar-refractivity contribution in [3.05, 3.63) is 82.7 Å². The molecule has 0 unspecified atom stereocenters. The van der Waals surface area contributed by atoms with Gasteiger partial charge in [0.15, 0.2) is 0 Å². The van der Waals surface area contributed by atoms with E-state index in [1.165, 1.54) is 16.8 Å². The summed E-state index contributed by atoms with van der Waals surface area (Å²) in [5.74, 6) is 1.18. The summed E-state index contributed by atoms with van der Waals surface area (Å²) in [5.41, 5.74) is -0.717. The van der Waals surface area contributed by atoms with Crippen LogP contribution in [0.5, 0.6) is 0 Å². The number of halogens is 3. The Labute approximate surface area is 244 Å². The molecule has 0 radical (unpaired) electrons. The number of fused-ring (bicyclic) bond motifs is 1. The first kappa shape index (κ1) is 30.0. The first-order valence-corrected chi connectivity index (χ1v) is 14.3. The number of imidazole rings is 1. The van der Waals surface area contributed by atoms with Crippen LogP contribution in [0.25, 0.3) is 11.2 Å². The molecule has 1 aromatic carbocycles. The molecule has 0 N–H and O–H groups in total. The zero-order valence-electron chi connectivity index (χ0n) is 24.7. The Morgan fingerprint density at radius 2 is 2.00 bits per heavy atom. The number of aliphatic imine (C=N–C) groups is 1. The number of benzene rings is 1. The summed E-state index contributed by atoms with van der Waals surface area (Å²) in [6, 6.07) is 8.52. The second-order valence-electron chi connectivity index (χ2n) is 12.2. The predicted octanol–water partition coefficient (Wildman–Crippen LogP) is 5.66. The number of aromatic nitrogens is 2. The Morgan fingerprint density at radius 3 is 2.62 bits per heavy atom. The number of alkyl halides is 3. The van der Waals surface area contributed by atoms with Gasteiger partial charge in [-0.15, -0.1) is 0 Å². The molecule has 2 aromatic heterocycles. The van der Waals surface area contributed by atoms with Crippen molar-refractivity contribution in [2.24, 2.45) is 10.9 Å². The van der Waals surface area contributed by atoms with Gasteiger partial charge in [0.05, 0.1) is 35.6 Å². The lowest BCUT2D eigenvalue weighted by Gasteiger charge is -2.51. The molecule has 0 spiro atoms. The van der Waals surface area contributed by atoms with E-state index in [1.807, 2.05) is 36.7 Å². The molecule has 1 saturated carbocycles. The zero-order valence-corrected chi connectivity index (χ0v) is 24.7. The Hall–Kier alpha value is -3.50. The number of ether oxygens (including phenoxy) is 1. The van der Waals surface area contributed by atoms with Crippen LogP contribution in [0.3, 0.4) is 0 Å². The van der Waals surface area contributed by atoms with Crippen molar-refractivity contribution >= 4 is 18.1 Å². The molecule has 1 aliphatic heterocycles. The minimum atomic E-state index is -4.62. The van der Waals surface area contributed by atoms with E-state index in [4.69, 9.17) is 4.74 Å². The summed E-state index contributed by atoms with van der Waals surface area (Å²) in [4.78, 5) is 20.2. The normalized spacial score (nSPS) is 25.6. The van der Waals surface area contributed by atoms with Gasteiger partial charge in [0.25, 0.3) is 0 Å². The van der Waals surface area contributed by atoms with Crippen molar-refractivity contribution in [3.63, 3.8) is 0 Å². The standard InChI is InChI=1S/C32H39F3N5O2/c1-7-37(5)28(36-4)31(20-30(3,21-31)42-6)24-11-8-12-25(15-24)39-19-27-26(32(33,34)35)14-23(18-40(27)29(39)41)17-38-13-9-10-22(2)16-38/h7-8,11-12,14-15,18-19,22H,1,4,9-10,13,16-17,20-21H2,2-3,5-6H3/q+1/t22-,30?,31?/m0/s1. The van der Waals surface area contributed by atoms with E-state index in [-0.39, 0.29) is 11.1 Å². The van der Waals surface area contributed by atoms with Gasteiger partial charge in [-0.05, 0) is 74.4 Å². The molecule has 0 amide bonds. The number of amidine groups is 1.